The summed E-state index contributed by atoms with van der Waals surface area (Å²) in [5.41, 5.74) is 10.3. The molecule has 0 spiro atoms. The van der Waals surface area contributed by atoms with E-state index in [1.807, 2.05) is 24.0 Å². The SMILES string of the molecule is CCN(C)CC1CC(c2cc(C(N)=O)c3[nH]cc(C4CCS(=O)(=O)CC4)c3c2)=CS1. The molecule has 0 aliphatic carbocycles. The number of hydrogen-bond donors (Lipinski definition) is 2. The zero-order valence-corrected chi connectivity index (χ0v) is 19.1. The van der Waals surface area contributed by atoms with Crippen LogP contribution in [0.1, 0.15) is 53.6 Å². The van der Waals surface area contributed by atoms with Gasteiger partial charge in [0, 0.05) is 23.4 Å². The molecule has 0 radical (unpaired) electrons. The maximum absolute atomic E-state index is 12.2. The number of primary amides is 1. The standard InChI is InChI=1S/C22H29N3O3S2/c1-3-25(2)12-17-8-16(13-29-17)15-9-18-20(14-4-6-30(27,28)7-5-14)11-24-21(18)19(10-15)22(23)26/h9-11,13-14,17,24H,3-8,12H2,1-2H3,(H2,23,26). The minimum Gasteiger partial charge on any atom is -0.366 e. The second kappa shape index (κ2) is 8.40. The molecule has 1 unspecified atom stereocenters. The Labute approximate surface area is 182 Å². The number of H-pyrrole nitrogens is 1. The van der Waals surface area contributed by atoms with Crippen LogP contribution in [0.15, 0.2) is 23.7 Å². The Morgan fingerprint density at radius 2 is 2.03 bits per heavy atom. The van der Waals surface area contributed by atoms with Gasteiger partial charge in [0.2, 0.25) is 0 Å². The van der Waals surface area contributed by atoms with E-state index < -0.39 is 15.7 Å². The van der Waals surface area contributed by atoms with Crippen molar-refractivity contribution in [2.45, 2.75) is 37.4 Å². The van der Waals surface area contributed by atoms with E-state index in [0.29, 0.717) is 23.7 Å². The zero-order chi connectivity index (χ0) is 21.5. The highest BCUT2D eigenvalue weighted by Gasteiger charge is 2.28. The van der Waals surface area contributed by atoms with Gasteiger partial charge in [-0.05, 0) is 73.0 Å². The second-order valence-electron chi connectivity index (χ2n) is 8.44. The van der Waals surface area contributed by atoms with Crippen molar-refractivity contribution in [3.8, 4) is 0 Å². The van der Waals surface area contributed by atoms with Gasteiger partial charge in [-0.15, -0.1) is 11.8 Å². The fourth-order valence-electron chi connectivity index (χ4n) is 4.46. The van der Waals surface area contributed by atoms with Gasteiger partial charge in [0.05, 0.1) is 22.6 Å². The highest BCUT2D eigenvalue weighted by molar-refractivity contribution is 8.03. The summed E-state index contributed by atoms with van der Waals surface area (Å²) in [5.74, 6) is 0.175. The molecule has 1 aromatic carbocycles. The highest BCUT2D eigenvalue weighted by atomic mass is 32.2. The molecule has 2 aliphatic heterocycles. The molecule has 2 aromatic rings. The summed E-state index contributed by atoms with van der Waals surface area (Å²) in [5, 5.41) is 3.71. The molecule has 8 heteroatoms. The van der Waals surface area contributed by atoms with Crippen molar-refractivity contribution in [3.63, 3.8) is 0 Å². The number of thioether (sulfide) groups is 1. The third-order valence-electron chi connectivity index (χ3n) is 6.36. The quantitative estimate of drug-likeness (QED) is 0.708. The topological polar surface area (TPSA) is 96.3 Å². The lowest BCUT2D eigenvalue weighted by atomic mass is 9.90. The Morgan fingerprint density at radius 3 is 2.70 bits per heavy atom. The third-order valence-corrected chi connectivity index (χ3v) is 9.19. The number of carbonyl (C=O) groups is 1. The molecule has 6 nitrogen and oxygen atoms in total. The van der Waals surface area contributed by atoms with Crippen LogP contribution in [-0.2, 0) is 9.84 Å². The van der Waals surface area contributed by atoms with Crippen LogP contribution < -0.4 is 5.73 Å². The molecule has 2 aliphatic rings. The van der Waals surface area contributed by atoms with Crippen LogP contribution in [-0.4, -0.2) is 61.1 Å². The Kier molecular flexibility index (Phi) is 6.01. The Balaban J connectivity index is 1.67. The summed E-state index contributed by atoms with van der Waals surface area (Å²) in [6.07, 6.45) is 4.13. The number of aromatic nitrogens is 1. The number of nitrogens with zero attached hydrogens (tertiary/aromatic N) is 1. The smallest absolute Gasteiger partial charge is 0.250 e. The van der Waals surface area contributed by atoms with Crippen LogP contribution in [0.4, 0.5) is 0 Å². The average Bonchev–Trinajstić information content (AvgIpc) is 3.34. The molecule has 30 heavy (non-hydrogen) atoms. The minimum atomic E-state index is -2.92. The Bertz CT molecular complexity index is 1090. The van der Waals surface area contributed by atoms with E-state index in [0.717, 1.165) is 41.5 Å². The maximum Gasteiger partial charge on any atom is 0.250 e. The predicted molar refractivity (Wildman–Crippen MR) is 125 cm³/mol. The largest absolute Gasteiger partial charge is 0.366 e. The first kappa shape index (κ1) is 21.5. The molecule has 1 saturated heterocycles. The van der Waals surface area contributed by atoms with E-state index in [1.54, 1.807) is 0 Å². The first-order valence-corrected chi connectivity index (χ1v) is 13.2. The van der Waals surface area contributed by atoms with Crippen molar-refractivity contribution in [1.29, 1.82) is 0 Å². The molecule has 3 N–H and O–H groups in total. The molecular formula is C22H29N3O3S2. The number of benzene rings is 1. The first-order chi connectivity index (χ1) is 14.3. The van der Waals surface area contributed by atoms with Gasteiger partial charge in [-0.1, -0.05) is 6.92 Å². The van der Waals surface area contributed by atoms with E-state index in [4.69, 9.17) is 5.73 Å². The predicted octanol–water partition coefficient (Wildman–Crippen LogP) is 3.36. The third kappa shape index (κ3) is 4.31. The number of allylic oxidation sites excluding steroid dienone is 1. The first-order valence-electron chi connectivity index (χ1n) is 10.5. The molecule has 162 valence electrons. The van der Waals surface area contributed by atoms with E-state index in [-0.39, 0.29) is 17.4 Å². The van der Waals surface area contributed by atoms with E-state index in [9.17, 15) is 13.2 Å². The van der Waals surface area contributed by atoms with Crippen molar-refractivity contribution in [3.05, 3.63) is 40.4 Å². The van der Waals surface area contributed by atoms with Gasteiger partial charge in [-0.3, -0.25) is 4.79 Å². The van der Waals surface area contributed by atoms with E-state index >= 15 is 0 Å². The molecule has 1 atom stereocenters. The van der Waals surface area contributed by atoms with Gasteiger partial charge < -0.3 is 15.6 Å². The van der Waals surface area contributed by atoms with Gasteiger partial charge in [0.15, 0.2) is 0 Å². The Hall–Kier alpha value is -1.77. The summed E-state index contributed by atoms with van der Waals surface area (Å²) < 4.78 is 23.7. The molecule has 1 fully saturated rings. The van der Waals surface area contributed by atoms with Gasteiger partial charge >= 0.3 is 0 Å². The molecule has 0 saturated carbocycles. The summed E-state index contributed by atoms with van der Waals surface area (Å²) in [4.78, 5) is 17.7. The molecule has 3 heterocycles. The zero-order valence-electron chi connectivity index (χ0n) is 17.5. The van der Waals surface area contributed by atoms with Crippen molar-refractivity contribution in [2.75, 3.05) is 31.6 Å². The maximum atomic E-state index is 12.2. The number of aromatic amines is 1. The monoisotopic (exact) mass is 447 g/mol. The summed E-state index contributed by atoms with van der Waals surface area (Å²) >= 11 is 1.85. The molecule has 1 aromatic heterocycles. The number of rotatable bonds is 6. The fraction of sp³-hybridized carbons (Fsp3) is 0.500. The summed E-state index contributed by atoms with van der Waals surface area (Å²) in [6.45, 7) is 4.21. The van der Waals surface area contributed by atoms with Crippen LogP contribution in [0.5, 0.6) is 0 Å². The number of amides is 1. The van der Waals surface area contributed by atoms with Crippen LogP contribution >= 0.6 is 11.8 Å². The molecule has 4 rings (SSSR count). The fourth-order valence-corrected chi connectivity index (χ4v) is 7.16. The lowest BCUT2D eigenvalue weighted by Gasteiger charge is -2.22. The van der Waals surface area contributed by atoms with Crippen LogP contribution in [0.25, 0.3) is 16.5 Å². The van der Waals surface area contributed by atoms with Crippen molar-refractivity contribution >= 4 is 44.0 Å². The van der Waals surface area contributed by atoms with Crippen molar-refractivity contribution < 1.29 is 13.2 Å². The number of nitrogens with two attached hydrogens (primary N) is 1. The lowest BCUT2D eigenvalue weighted by Crippen LogP contribution is -2.26. The normalized spacial score (nSPS) is 22.0. The number of hydrogen-bond acceptors (Lipinski definition) is 5. The number of sulfone groups is 1. The summed E-state index contributed by atoms with van der Waals surface area (Å²) in [7, 11) is -0.790. The molecular weight excluding hydrogens is 418 g/mol. The van der Waals surface area contributed by atoms with Gasteiger partial charge in [0.25, 0.3) is 5.91 Å². The van der Waals surface area contributed by atoms with Crippen molar-refractivity contribution in [1.82, 2.24) is 9.88 Å². The number of carbonyl (C=O) groups excluding carboxylic acids is 1. The van der Waals surface area contributed by atoms with Crippen LogP contribution in [0.2, 0.25) is 0 Å². The Morgan fingerprint density at radius 1 is 1.30 bits per heavy atom. The lowest BCUT2D eigenvalue weighted by molar-refractivity contribution is 0.100. The van der Waals surface area contributed by atoms with Gasteiger partial charge in [0.1, 0.15) is 9.84 Å². The van der Waals surface area contributed by atoms with Gasteiger partial charge in [-0.25, -0.2) is 8.42 Å². The van der Waals surface area contributed by atoms with Gasteiger partial charge in [-0.2, -0.15) is 0 Å². The minimum absolute atomic E-state index is 0.177. The van der Waals surface area contributed by atoms with Crippen LogP contribution in [0, 0.1) is 0 Å². The second-order valence-corrected chi connectivity index (χ2v) is 11.9. The average molecular weight is 448 g/mol. The van der Waals surface area contributed by atoms with E-state index in [1.165, 1.54) is 5.57 Å². The summed E-state index contributed by atoms with van der Waals surface area (Å²) in [6, 6.07) is 4.05. The number of nitrogens with one attached hydrogen (secondary N) is 1. The molecule has 1 amide bonds. The van der Waals surface area contributed by atoms with E-state index in [2.05, 4.69) is 35.3 Å². The van der Waals surface area contributed by atoms with Crippen LogP contribution in [0.3, 0.4) is 0 Å². The van der Waals surface area contributed by atoms with Crippen molar-refractivity contribution in [2.24, 2.45) is 5.73 Å². The highest BCUT2D eigenvalue weighted by Crippen LogP contribution is 2.40. The molecule has 0 bridgehead atoms. The number of fused-ring (bicyclic) bond motifs is 1.